The molecule has 17 nitrogen and oxygen atoms in total. The fourth-order valence-electron chi connectivity index (χ4n) is 11.3. The third-order valence-electron chi connectivity index (χ3n) is 17.6. The van der Waals surface area contributed by atoms with Gasteiger partial charge >= 0.3 is 39.5 Å². The summed E-state index contributed by atoms with van der Waals surface area (Å²) < 4.78 is 68.4. The van der Waals surface area contributed by atoms with Gasteiger partial charge in [0.1, 0.15) is 19.3 Å². The van der Waals surface area contributed by atoms with Crippen molar-refractivity contribution in [3.8, 4) is 0 Å². The first kappa shape index (κ1) is 91.1. The maximum atomic E-state index is 13.1. The summed E-state index contributed by atoms with van der Waals surface area (Å²) >= 11 is 0. The molecular formula is C74H144O17P2. The summed E-state index contributed by atoms with van der Waals surface area (Å²) in [6.45, 7) is 9.58. The summed E-state index contributed by atoms with van der Waals surface area (Å²) in [4.78, 5) is 72.6. The van der Waals surface area contributed by atoms with Crippen molar-refractivity contribution in [1.82, 2.24) is 0 Å². The Bertz CT molecular complexity index is 1810. The number of ether oxygens (including phenoxy) is 4. The molecule has 3 N–H and O–H groups in total. The van der Waals surface area contributed by atoms with Crippen LogP contribution in [0.5, 0.6) is 0 Å². The number of aliphatic hydroxyl groups is 1. The second-order valence-electron chi connectivity index (χ2n) is 27.4. The lowest BCUT2D eigenvalue weighted by atomic mass is 9.99. The first-order valence-corrected chi connectivity index (χ1v) is 41.5. The number of aliphatic hydroxyl groups excluding tert-OH is 1. The van der Waals surface area contributed by atoms with Gasteiger partial charge in [0, 0.05) is 25.7 Å². The molecule has 0 saturated carbocycles. The van der Waals surface area contributed by atoms with Crippen LogP contribution in [0.3, 0.4) is 0 Å². The van der Waals surface area contributed by atoms with Crippen LogP contribution in [0, 0.1) is 11.8 Å². The number of unbranched alkanes of at least 4 members (excludes halogenated alkanes) is 42. The van der Waals surface area contributed by atoms with E-state index in [1.54, 1.807) is 0 Å². The zero-order valence-electron chi connectivity index (χ0n) is 60.6. The Hall–Kier alpha value is -1.94. The normalized spacial score (nSPS) is 14.3. The molecule has 0 aromatic carbocycles. The number of hydrogen-bond acceptors (Lipinski definition) is 15. The molecule has 0 aliphatic heterocycles. The molecule has 0 rings (SSSR count). The van der Waals surface area contributed by atoms with Gasteiger partial charge in [-0.15, -0.1) is 0 Å². The molecule has 6 atom stereocenters. The van der Waals surface area contributed by atoms with Gasteiger partial charge in [0.15, 0.2) is 12.2 Å². The number of carbonyl (C=O) groups is 4. The molecule has 0 spiro atoms. The molecule has 0 aliphatic rings. The Kier molecular flexibility index (Phi) is 64.6. The van der Waals surface area contributed by atoms with Crippen molar-refractivity contribution in [3.05, 3.63) is 0 Å². The summed E-state index contributed by atoms with van der Waals surface area (Å²) in [6, 6.07) is 0. The Balaban J connectivity index is 5.22. The van der Waals surface area contributed by atoms with Gasteiger partial charge in [-0.25, -0.2) is 9.13 Å². The van der Waals surface area contributed by atoms with E-state index in [1.165, 1.54) is 193 Å². The molecule has 0 aromatic rings. The molecule has 93 heavy (non-hydrogen) atoms. The second-order valence-corrected chi connectivity index (χ2v) is 30.3. The topological polar surface area (TPSA) is 237 Å². The minimum absolute atomic E-state index is 0.105. The van der Waals surface area contributed by atoms with E-state index in [9.17, 15) is 43.2 Å². The van der Waals surface area contributed by atoms with Gasteiger partial charge in [-0.2, -0.15) is 0 Å². The third kappa shape index (κ3) is 67.0. The molecule has 0 amide bonds. The van der Waals surface area contributed by atoms with Crippen LogP contribution in [-0.2, 0) is 65.4 Å². The number of phosphoric ester groups is 2. The summed E-state index contributed by atoms with van der Waals surface area (Å²) in [5.41, 5.74) is 0. The van der Waals surface area contributed by atoms with Gasteiger partial charge in [0.2, 0.25) is 0 Å². The highest BCUT2D eigenvalue weighted by atomic mass is 31.2. The number of hydrogen-bond donors (Lipinski definition) is 3. The minimum Gasteiger partial charge on any atom is -0.462 e. The Morgan fingerprint density at radius 1 is 0.312 bits per heavy atom. The van der Waals surface area contributed by atoms with Gasteiger partial charge in [-0.05, 0) is 37.5 Å². The van der Waals surface area contributed by atoms with Crippen LogP contribution >= 0.6 is 15.6 Å². The molecule has 0 fully saturated rings. The van der Waals surface area contributed by atoms with Crippen molar-refractivity contribution in [3.63, 3.8) is 0 Å². The van der Waals surface area contributed by atoms with Crippen LogP contribution in [0.15, 0.2) is 0 Å². The van der Waals surface area contributed by atoms with E-state index in [4.69, 9.17) is 37.0 Å². The number of rotatable bonds is 73. The van der Waals surface area contributed by atoms with Gasteiger partial charge in [0.25, 0.3) is 0 Å². The first-order valence-electron chi connectivity index (χ1n) is 38.5. The van der Waals surface area contributed by atoms with Gasteiger partial charge in [-0.3, -0.25) is 37.3 Å². The highest BCUT2D eigenvalue weighted by Gasteiger charge is 2.30. The largest absolute Gasteiger partial charge is 0.472 e. The predicted molar refractivity (Wildman–Crippen MR) is 377 cm³/mol. The van der Waals surface area contributed by atoms with E-state index in [-0.39, 0.29) is 25.7 Å². The molecule has 3 unspecified atom stereocenters. The third-order valence-corrected chi connectivity index (χ3v) is 19.5. The van der Waals surface area contributed by atoms with Gasteiger partial charge in [-0.1, -0.05) is 330 Å². The summed E-state index contributed by atoms with van der Waals surface area (Å²) in [5.74, 6) is -0.556. The van der Waals surface area contributed by atoms with Crippen molar-refractivity contribution in [2.45, 2.75) is 400 Å². The van der Waals surface area contributed by atoms with Crippen molar-refractivity contribution in [1.29, 1.82) is 0 Å². The molecule has 19 heteroatoms. The van der Waals surface area contributed by atoms with E-state index in [1.807, 2.05) is 0 Å². The highest BCUT2D eigenvalue weighted by Crippen LogP contribution is 2.45. The van der Waals surface area contributed by atoms with E-state index < -0.39 is 97.5 Å². The van der Waals surface area contributed by atoms with Crippen LogP contribution in [0.2, 0.25) is 0 Å². The van der Waals surface area contributed by atoms with E-state index >= 15 is 0 Å². The molecule has 0 radical (unpaired) electrons. The molecule has 0 bridgehead atoms. The lowest BCUT2D eigenvalue weighted by Gasteiger charge is -2.21. The van der Waals surface area contributed by atoms with E-state index in [0.29, 0.717) is 25.7 Å². The van der Waals surface area contributed by atoms with Crippen LogP contribution in [0.4, 0.5) is 0 Å². The molecular weight excluding hydrogens is 1220 g/mol. The van der Waals surface area contributed by atoms with Gasteiger partial charge in [0.05, 0.1) is 26.4 Å². The summed E-state index contributed by atoms with van der Waals surface area (Å²) in [7, 11) is -9.90. The smallest absolute Gasteiger partial charge is 0.462 e. The maximum Gasteiger partial charge on any atom is 0.472 e. The molecule has 0 saturated heterocycles. The van der Waals surface area contributed by atoms with Crippen LogP contribution in [-0.4, -0.2) is 96.7 Å². The van der Waals surface area contributed by atoms with Crippen LogP contribution in [0.1, 0.15) is 382 Å². The average Bonchev–Trinajstić information content (AvgIpc) is 2.24. The second kappa shape index (κ2) is 66.0. The van der Waals surface area contributed by atoms with E-state index in [2.05, 4.69) is 41.5 Å². The van der Waals surface area contributed by atoms with Gasteiger partial charge < -0.3 is 33.8 Å². The lowest BCUT2D eigenvalue weighted by Crippen LogP contribution is -2.30. The van der Waals surface area contributed by atoms with Crippen LogP contribution in [0.25, 0.3) is 0 Å². The summed E-state index contributed by atoms with van der Waals surface area (Å²) in [5, 5.41) is 10.6. The minimum atomic E-state index is -4.96. The number of esters is 4. The highest BCUT2D eigenvalue weighted by molar-refractivity contribution is 7.47. The molecule has 552 valence electrons. The fourth-order valence-corrected chi connectivity index (χ4v) is 12.8. The zero-order chi connectivity index (χ0) is 68.6. The van der Waals surface area contributed by atoms with Crippen molar-refractivity contribution >= 4 is 39.5 Å². The first-order chi connectivity index (χ1) is 44.9. The number of phosphoric acid groups is 2. The Labute approximate surface area is 568 Å². The predicted octanol–water partition coefficient (Wildman–Crippen LogP) is 21.6. The molecule has 0 heterocycles. The fraction of sp³-hybridized carbons (Fsp3) is 0.946. The molecule has 0 aromatic heterocycles. The SMILES string of the molecule is CCCCCCCCCCCCCCCCCCC(=O)OC[C@H](COP(=O)(O)OC[C@@H](O)COP(=O)(O)OC[C@@H](COC(=O)CCCCCCCCCC)OC(=O)CCCCCCCCCCC(C)CC)OC(=O)CCCCCCCCCCCCCCCCC(C)C. The lowest BCUT2D eigenvalue weighted by molar-refractivity contribution is -0.161. The van der Waals surface area contributed by atoms with Crippen molar-refractivity contribution in [2.24, 2.45) is 11.8 Å². The summed E-state index contributed by atoms with van der Waals surface area (Å²) in [6.07, 6.45) is 52.7. The quantitative estimate of drug-likeness (QED) is 0.0222. The molecule has 0 aliphatic carbocycles. The maximum absolute atomic E-state index is 13.1. The van der Waals surface area contributed by atoms with Crippen molar-refractivity contribution < 1.29 is 80.2 Å². The Morgan fingerprint density at radius 2 is 0.548 bits per heavy atom. The van der Waals surface area contributed by atoms with E-state index in [0.717, 1.165) is 108 Å². The van der Waals surface area contributed by atoms with Crippen molar-refractivity contribution in [2.75, 3.05) is 39.6 Å². The number of carbonyl (C=O) groups excluding carboxylic acids is 4. The zero-order valence-corrected chi connectivity index (χ0v) is 62.3. The average molecular weight is 1370 g/mol. The monoisotopic (exact) mass is 1370 g/mol. The standard InChI is InChI=1S/C74H144O17P2/c1-7-10-12-14-16-18-19-20-21-22-26-29-32-39-45-51-57-72(77)85-63-70(90-73(78)58-52-46-40-33-30-27-24-23-25-28-31-36-42-48-54-66(4)5)65-89-93(82,83)87-61-68(75)60-86-92(80,81)88-64-69(62-84-71(76)56-50-44-38-17-15-13-11-8-2)91-74(79)59-53-47-41-35-34-37-43-49-55-67(6)9-3/h66-70,75H,7-65H2,1-6H3,(H,80,81)(H,82,83)/t67?,68-,69+,70+/m0/s1. The Morgan fingerprint density at radius 3 is 0.817 bits per heavy atom. The van der Waals surface area contributed by atoms with Crippen LogP contribution < -0.4 is 0 Å².